The molecule has 0 aromatic rings. The number of methoxy groups -OCH3 is 2. The maximum Gasteiger partial charge on any atom is 0.152 e. The predicted molar refractivity (Wildman–Crippen MR) is 60.5 cm³/mol. The van der Waals surface area contributed by atoms with Crippen LogP contribution in [0.5, 0.6) is 0 Å². The molecule has 0 amide bonds. The zero-order valence-electron chi connectivity index (χ0n) is 11.3. The summed E-state index contributed by atoms with van der Waals surface area (Å²) in [7, 11) is 3.05. The van der Waals surface area contributed by atoms with E-state index in [-0.39, 0.29) is 54.3 Å². The second-order valence-corrected chi connectivity index (χ2v) is 2.95. The zero-order valence-corrected chi connectivity index (χ0v) is 11.3. The summed E-state index contributed by atoms with van der Waals surface area (Å²) in [6.45, 7) is 0.765. The minimum atomic E-state index is 0.0461. The van der Waals surface area contributed by atoms with Gasteiger partial charge in [-0.3, -0.25) is 0 Å². The Morgan fingerprint density at radius 1 is 0.368 bits per heavy atom. The lowest BCUT2D eigenvalue weighted by atomic mass is 11.2. The molecular weight excluding hydrogens is 264 g/mol. The van der Waals surface area contributed by atoms with E-state index in [1.165, 1.54) is 14.2 Å². The first kappa shape index (κ1) is 18.6. The van der Waals surface area contributed by atoms with E-state index in [1.54, 1.807) is 0 Å². The van der Waals surface area contributed by atoms with Crippen LogP contribution >= 0.6 is 0 Å². The van der Waals surface area contributed by atoms with Crippen molar-refractivity contribution in [2.75, 3.05) is 68.6 Å². The molecule has 0 spiro atoms. The van der Waals surface area contributed by atoms with Crippen molar-refractivity contribution in [1.82, 2.24) is 0 Å². The summed E-state index contributed by atoms with van der Waals surface area (Å²) in [5.41, 5.74) is 0. The fourth-order valence-corrected chi connectivity index (χ4v) is 0.758. The highest BCUT2D eigenvalue weighted by Crippen LogP contribution is 1.85. The van der Waals surface area contributed by atoms with Crippen LogP contribution in [0.15, 0.2) is 0 Å². The second kappa shape index (κ2) is 17.6. The molecule has 0 aromatic carbocycles. The summed E-state index contributed by atoms with van der Waals surface area (Å²) in [6.07, 6.45) is 0. The van der Waals surface area contributed by atoms with E-state index in [1.807, 2.05) is 0 Å². The van der Waals surface area contributed by atoms with Crippen molar-refractivity contribution in [2.24, 2.45) is 0 Å². The number of hydrogen-bond acceptors (Lipinski definition) is 9. The van der Waals surface area contributed by atoms with E-state index in [0.29, 0.717) is 0 Å². The van der Waals surface area contributed by atoms with Crippen LogP contribution in [0, 0.1) is 0 Å². The summed E-state index contributed by atoms with van der Waals surface area (Å²) in [5.74, 6) is 0. The maximum absolute atomic E-state index is 4.95. The molecule has 0 N–H and O–H groups in total. The highest BCUT2D eigenvalue weighted by atomic mass is 16.8. The maximum atomic E-state index is 4.95. The Labute approximate surface area is 112 Å². The molecule has 0 fully saturated rings. The molecule has 0 aromatic heterocycles. The highest BCUT2D eigenvalue weighted by molar-refractivity contribution is 4.08. The van der Waals surface area contributed by atoms with Gasteiger partial charge in [-0.15, -0.1) is 0 Å². The Kier molecular flexibility index (Phi) is 17.3. The van der Waals surface area contributed by atoms with Gasteiger partial charge in [0.25, 0.3) is 0 Å². The van der Waals surface area contributed by atoms with Crippen LogP contribution in [0.2, 0.25) is 0 Å². The number of rotatable bonds is 16. The van der Waals surface area contributed by atoms with Crippen molar-refractivity contribution in [1.29, 1.82) is 0 Å². The van der Waals surface area contributed by atoms with Crippen LogP contribution < -0.4 is 0 Å². The van der Waals surface area contributed by atoms with E-state index in [2.05, 4.69) is 9.47 Å². The Balaban J connectivity index is 2.88. The largest absolute Gasteiger partial charge is 0.359 e. The first-order chi connectivity index (χ1) is 9.41. The predicted octanol–water partition coefficient (Wildman–Crippen LogP) is 0.0554. The molecule has 0 bridgehead atoms. The van der Waals surface area contributed by atoms with Crippen molar-refractivity contribution in [3.05, 3.63) is 0 Å². The van der Waals surface area contributed by atoms with Crippen LogP contribution in [0.4, 0.5) is 0 Å². The van der Waals surface area contributed by atoms with Gasteiger partial charge in [-0.25, -0.2) is 0 Å². The Bertz CT molecular complexity index is 142. The van der Waals surface area contributed by atoms with Gasteiger partial charge in [-0.05, 0) is 0 Å². The molecule has 0 aliphatic rings. The average molecular weight is 286 g/mol. The summed E-state index contributed by atoms with van der Waals surface area (Å²) < 4.78 is 43.7. The quantitative estimate of drug-likeness (QED) is 0.289. The molecule has 0 atom stereocenters. The van der Waals surface area contributed by atoms with Gasteiger partial charge in [0.1, 0.15) is 13.6 Å². The van der Waals surface area contributed by atoms with Crippen LogP contribution in [-0.2, 0) is 42.6 Å². The Hall–Kier alpha value is -0.360. The lowest BCUT2D eigenvalue weighted by Crippen LogP contribution is -2.11. The van der Waals surface area contributed by atoms with E-state index in [0.717, 1.165) is 0 Å². The van der Waals surface area contributed by atoms with Gasteiger partial charge < -0.3 is 42.6 Å². The molecule has 116 valence electrons. The van der Waals surface area contributed by atoms with Gasteiger partial charge in [0.15, 0.2) is 40.8 Å². The third-order valence-corrected chi connectivity index (χ3v) is 1.40. The van der Waals surface area contributed by atoms with Crippen molar-refractivity contribution in [3.63, 3.8) is 0 Å². The van der Waals surface area contributed by atoms with Gasteiger partial charge >= 0.3 is 0 Å². The minimum absolute atomic E-state index is 0.0461. The van der Waals surface area contributed by atoms with Crippen LogP contribution in [-0.4, -0.2) is 68.6 Å². The monoisotopic (exact) mass is 286 g/mol. The van der Waals surface area contributed by atoms with E-state index in [4.69, 9.17) is 33.2 Å². The van der Waals surface area contributed by atoms with Crippen LogP contribution in [0.25, 0.3) is 0 Å². The van der Waals surface area contributed by atoms with E-state index in [9.17, 15) is 0 Å². The molecule has 0 rings (SSSR count). The molecule has 0 aliphatic carbocycles. The third kappa shape index (κ3) is 17.6. The molecule has 0 saturated heterocycles. The van der Waals surface area contributed by atoms with Gasteiger partial charge in [0, 0.05) is 14.2 Å². The molecule has 9 heteroatoms. The number of ether oxygens (including phenoxy) is 9. The standard InChI is InChI=1S/C10H22O9/c1-11-3-13-5-15-7-17-9-19-10-18-8-16-6-14-4-12-2/h3-10H2,1-2H3. The Morgan fingerprint density at radius 3 is 0.789 bits per heavy atom. The highest BCUT2D eigenvalue weighted by Gasteiger charge is 1.91. The van der Waals surface area contributed by atoms with Crippen molar-refractivity contribution in [3.8, 4) is 0 Å². The van der Waals surface area contributed by atoms with Gasteiger partial charge in [-0.2, -0.15) is 0 Å². The fourth-order valence-electron chi connectivity index (χ4n) is 0.758. The van der Waals surface area contributed by atoms with Crippen molar-refractivity contribution >= 4 is 0 Å². The normalized spacial score (nSPS) is 11.1. The summed E-state index contributed by atoms with van der Waals surface area (Å²) in [5, 5.41) is 0. The molecule has 0 aliphatic heterocycles. The van der Waals surface area contributed by atoms with E-state index < -0.39 is 0 Å². The molecule has 19 heavy (non-hydrogen) atoms. The first-order valence-corrected chi connectivity index (χ1v) is 5.44. The fraction of sp³-hybridized carbons (Fsp3) is 1.00. The SMILES string of the molecule is COCOCOCOCOCOCOCOCOC. The lowest BCUT2D eigenvalue weighted by molar-refractivity contribution is -0.224. The van der Waals surface area contributed by atoms with Gasteiger partial charge in [0.05, 0.1) is 0 Å². The third-order valence-electron chi connectivity index (χ3n) is 1.40. The lowest BCUT2D eigenvalue weighted by Gasteiger charge is -2.08. The summed E-state index contributed by atoms with van der Waals surface area (Å²) in [4.78, 5) is 0. The van der Waals surface area contributed by atoms with Gasteiger partial charge in [-0.1, -0.05) is 0 Å². The molecule has 0 radical (unpaired) electrons. The molecule has 0 saturated carbocycles. The van der Waals surface area contributed by atoms with Crippen LogP contribution in [0.1, 0.15) is 0 Å². The summed E-state index contributed by atoms with van der Waals surface area (Å²) >= 11 is 0. The molecule has 0 unspecified atom stereocenters. The summed E-state index contributed by atoms with van der Waals surface area (Å²) in [6, 6.07) is 0. The van der Waals surface area contributed by atoms with Crippen LogP contribution in [0.3, 0.4) is 0 Å². The molecular formula is C10H22O9. The van der Waals surface area contributed by atoms with E-state index >= 15 is 0 Å². The minimum Gasteiger partial charge on any atom is -0.359 e. The second-order valence-electron chi connectivity index (χ2n) is 2.95. The Morgan fingerprint density at radius 2 is 0.579 bits per heavy atom. The molecule has 9 nitrogen and oxygen atoms in total. The number of hydrogen-bond donors (Lipinski definition) is 0. The van der Waals surface area contributed by atoms with Gasteiger partial charge in [0.2, 0.25) is 0 Å². The average Bonchev–Trinajstić information content (AvgIpc) is 2.43. The first-order valence-electron chi connectivity index (χ1n) is 5.44. The topological polar surface area (TPSA) is 83.1 Å². The van der Waals surface area contributed by atoms with Crippen molar-refractivity contribution < 1.29 is 42.6 Å². The zero-order chi connectivity index (χ0) is 14.0. The van der Waals surface area contributed by atoms with Crippen molar-refractivity contribution in [2.45, 2.75) is 0 Å². The smallest absolute Gasteiger partial charge is 0.152 e. The molecule has 0 heterocycles.